The number of likely N-dealkylation sites (N-methyl/N-ethyl adjacent to an activating group) is 1. The SMILES string of the molecule is CNCC(=O)Nc1cc(C=C(C)C(=O)c2cc(OC)c3c(c2)OCO3)ccc1OC. The van der Waals surface area contributed by atoms with Gasteiger partial charge in [-0.05, 0) is 55.4 Å². The minimum absolute atomic E-state index is 0.0893. The van der Waals surface area contributed by atoms with Crippen LogP contribution in [0.4, 0.5) is 5.69 Å². The summed E-state index contributed by atoms with van der Waals surface area (Å²) in [5.41, 5.74) is 2.21. The smallest absolute Gasteiger partial charge is 0.238 e. The second kappa shape index (κ2) is 9.32. The van der Waals surface area contributed by atoms with Gasteiger partial charge in [0.15, 0.2) is 17.3 Å². The molecule has 0 saturated carbocycles. The first-order valence-corrected chi connectivity index (χ1v) is 9.30. The number of benzene rings is 2. The van der Waals surface area contributed by atoms with E-state index in [4.69, 9.17) is 18.9 Å². The molecule has 1 aliphatic heterocycles. The van der Waals surface area contributed by atoms with Crippen molar-refractivity contribution in [2.24, 2.45) is 0 Å². The highest BCUT2D eigenvalue weighted by atomic mass is 16.7. The summed E-state index contributed by atoms with van der Waals surface area (Å²) < 4.78 is 21.4. The minimum Gasteiger partial charge on any atom is -0.495 e. The van der Waals surface area contributed by atoms with Crippen molar-refractivity contribution in [3.05, 3.63) is 47.0 Å². The summed E-state index contributed by atoms with van der Waals surface area (Å²) in [6.45, 7) is 1.99. The number of rotatable bonds is 8. The van der Waals surface area contributed by atoms with Crippen LogP contribution in [-0.4, -0.2) is 46.3 Å². The van der Waals surface area contributed by atoms with Gasteiger partial charge in [-0.2, -0.15) is 0 Å². The number of ether oxygens (including phenoxy) is 4. The second-order valence-corrected chi connectivity index (χ2v) is 6.61. The number of nitrogens with one attached hydrogen (secondary N) is 2. The fourth-order valence-corrected chi connectivity index (χ4v) is 3.07. The van der Waals surface area contributed by atoms with Crippen LogP contribution in [0.5, 0.6) is 23.0 Å². The molecule has 0 fully saturated rings. The van der Waals surface area contributed by atoms with Gasteiger partial charge in [0.1, 0.15) is 5.75 Å². The maximum absolute atomic E-state index is 13.0. The van der Waals surface area contributed by atoms with Gasteiger partial charge in [0.05, 0.1) is 26.5 Å². The third-order valence-electron chi connectivity index (χ3n) is 4.50. The lowest BCUT2D eigenvalue weighted by atomic mass is 10.0. The van der Waals surface area contributed by atoms with Gasteiger partial charge < -0.3 is 29.6 Å². The highest BCUT2D eigenvalue weighted by Gasteiger charge is 2.22. The Bertz CT molecular complexity index is 999. The van der Waals surface area contributed by atoms with E-state index < -0.39 is 0 Å². The number of anilines is 1. The van der Waals surface area contributed by atoms with E-state index in [-0.39, 0.29) is 25.0 Å². The third-order valence-corrected chi connectivity index (χ3v) is 4.50. The Balaban J connectivity index is 1.88. The number of allylic oxidation sites excluding steroid dienone is 1. The highest BCUT2D eigenvalue weighted by Crippen LogP contribution is 2.42. The molecule has 0 radical (unpaired) electrons. The van der Waals surface area contributed by atoms with Gasteiger partial charge in [-0.3, -0.25) is 9.59 Å². The van der Waals surface area contributed by atoms with Crippen LogP contribution in [0.15, 0.2) is 35.9 Å². The third kappa shape index (κ3) is 4.55. The van der Waals surface area contributed by atoms with E-state index in [1.807, 2.05) is 6.07 Å². The maximum Gasteiger partial charge on any atom is 0.238 e. The largest absolute Gasteiger partial charge is 0.495 e. The molecule has 0 bridgehead atoms. The quantitative estimate of drug-likeness (QED) is 0.508. The van der Waals surface area contributed by atoms with Gasteiger partial charge in [-0.1, -0.05) is 6.07 Å². The monoisotopic (exact) mass is 412 g/mol. The number of hydrogen-bond acceptors (Lipinski definition) is 7. The number of Topliss-reactive ketones (excluding diaryl/α,β-unsaturated/α-hetero) is 1. The first kappa shape index (κ1) is 21.2. The van der Waals surface area contributed by atoms with Crippen molar-refractivity contribution in [2.75, 3.05) is 39.9 Å². The molecule has 1 amide bonds. The number of carbonyl (C=O) groups is 2. The molecule has 0 spiro atoms. The molecule has 8 nitrogen and oxygen atoms in total. The van der Waals surface area contributed by atoms with Gasteiger partial charge >= 0.3 is 0 Å². The Morgan fingerprint density at radius 1 is 1.10 bits per heavy atom. The van der Waals surface area contributed by atoms with Gasteiger partial charge in [-0.15, -0.1) is 0 Å². The van der Waals surface area contributed by atoms with E-state index in [1.165, 1.54) is 14.2 Å². The number of hydrogen-bond donors (Lipinski definition) is 2. The highest BCUT2D eigenvalue weighted by molar-refractivity contribution is 6.11. The van der Waals surface area contributed by atoms with Crippen molar-refractivity contribution in [2.45, 2.75) is 6.92 Å². The number of methoxy groups -OCH3 is 2. The van der Waals surface area contributed by atoms with Crippen LogP contribution in [0, 0.1) is 0 Å². The molecule has 3 rings (SSSR count). The summed E-state index contributed by atoms with van der Waals surface area (Å²) in [5, 5.41) is 5.59. The maximum atomic E-state index is 13.0. The predicted molar refractivity (Wildman–Crippen MR) is 113 cm³/mol. The van der Waals surface area contributed by atoms with E-state index in [0.29, 0.717) is 39.8 Å². The molecular weight excluding hydrogens is 388 g/mol. The number of ketones is 1. The molecule has 2 aromatic rings. The van der Waals surface area contributed by atoms with Crippen molar-refractivity contribution in [1.29, 1.82) is 0 Å². The van der Waals surface area contributed by atoms with Crippen molar-refractivity contribution >= 4 is 23.5 Å². The summed E-state index contributed by atoms with van der Waals surface area (Å²) >= 11 is 0. The topological polar surface area (TPSA) is 95.1 Å². The molecule has 2 N–H and O–H groups in total. The first-order chi connectivity index (χ1) is 14.5. The van der Waals surface area contributed by atoms with E-state index in [1.54, 1.807) is 44.3 Å². The zero-order chi connectivity index (χ0) is 21.7. The summed E-state index contributed by atoms with van der Waals surface area (Å²) in [6, 6.07) is 8.57. The average molecular weight is 412 g/mol. The van der Waals surface area contributed by atoms with Crippen molar-refractivity contribution < 1.29 is 28.5 Å². The first-order valence-electron chi connectivity index (χ1n) is 9.30. The van der Waals surface area contributed by atoms with Crippen LogP contribution < -0.4 is 29.6 Å². The number of amides is 1. The molecule has 0 aliphatic carbocycles. The van der Waals surface area contributed by atoms with Gasteiger partial charge in [-0.25, -0.2) is 0 Å². The summed E-state index contributed by atoms with van der Waals surface area (Å²) in [4.78, 5) is 24.9. The zero-order valence-corrected chi connectivity index (χ0v) is 17.3. The summed E-state index contributed by atoms with van der Waals surface area (Å²) in [6.07, 6.45) is 1.74. The minimum atomic E-state index is -0.197. The second-order valence-electron chi connectivity index (χ2n) is 6.61. The molecule has 0 atom stereocenters. The Morgan fingerprint density at radius 3 is 2.57 bits per heavy atom. The lowest BCUT2D eigenvalue weighted by molar-refractivity contribution is -0.115. The fraction of sp³-hybridized carbons (Fsp3) is 0.273. The average Bonchev–Trinajstić information content (AvgIpc) is 3.21. The summed E-state index contributed by atoms with van der Waals surface area (Å²) in [7, 11) is 4.73. The fourth-order valence-electron chi connectivity index (χ4n) is 3.07. The van der Waals surface area contributed by atoms with Crippen LogP contribution in [0.2, 0.25) is 0 Å². The molecule has 8 heteroatoms. The Morgan fingerprint density at radius 2 is 1.87 bits per heavy atom. The molecule has 0 aromatic heterocycles. The standard InChI is InChI=1S/C22H24N2O6/c1-13(21(26)15-9-18(28-4)22-19(10-15)29-12-30-22)7-14-5-6-17(27-3)16(8-14)24-20(25)11-23-2/h5-10,23H,11-12H2,1-4H3,(H,24,25). The number of carbonyl (C=O) groups excluding carboxylic acids is 2. The van der Waals surface area contributed by atoms with Gasteiger partial charge in [0, 0.05) is 5.56 Å². The predicted octanol–water partition coefficient (Wildman–Crippen LogP) is 2.88. The number of fused-ring (bicyclic) bond motifs is 1. The van der Waals surface area contributed by atoms with Crippen LogP contribution in [0.25, 0.3) is 6.08 Å². The van der Waals surface area contributed by atoms with Crippen molar-refractivity contribution in [1.82, 2.24) is 5.32 Å². The lowest BCUT2D eigenvalue weighted by Crippen LogP contribution is -2.25. The molecule has 2 aromatic carbocycles. The molecule has 0 saturated heterocycles. The Hall–Kier alpha value is -3.52. The molecule has 30 heavy (non-hydrogen) atoms. The van der Waals surface area contributed by atoms with Crippen molar-refractivity contribution in [3.63, 3.8) is 0 Å². The van der Waals surface area contributed by atoms with Gasteiger partial charge in [0.25, 0.3) is 0 Å². The van der Waals surface area contributed by atoms with Crippen LogP contribution >= 0.6 is 0 Å². The Labute approximate surface area is 174 Å². The van der Waals surface area contributed by atoms with Crippen molar-refractivity contribution in [3.8, 4) is 23.0 Å². The van der Waals surface area contributed by atoms with Crippen LogP contribution in [0.3, 0.4) is 0 Å². The Kier molecular flexibility index (Phi) is 6.58. The van der Waals surface area contributed by atoms with Gasteiger partial charge in [0.2, 0.25) is 18.4 Å². The molecular formula is C22H24N2O6. The zero-order valence-electron chi connectivity index (χ0n) is 17.3. The lowest BCUT2D eigenvalue weighted by Gasteiger charge is -2.11. The van der Waals surface area contributed by atoms with Crippen LogP contribution in [0.1, 0.15) is 22.8 Å². The van der Waals surface area contributed by atoms with E-state index in [2.05, 4.69) is 10.6 Å². The van der Waals surface area contributed by atoms with E-state index in [9.17, 15) is 9.59 Å². The molecule has 158 valence electrons. The summed E-state index contributed by atoms with van der Waals surface area (Å²) in [5.74, 6) is 1.57. The van der Waals surface area contributed by atoms with E-state index in [0.717, 1.165) is 5.56 Å². The molecule has 1 aliphatic rings. The molecule has 1 heterocycles. The normalized spacial score (nSPS) is 12.5. The van der Waals surface area contributed by atoms with Crippen LogP contribution in [-0.2, 0) is 4.79 Å². The van der Waals surface area contributed by atoms with E-state index >= 15 is 0 Å². The molecule has 0 unspecified atom stereocenters.